The third-order valence-corrected chi connectivity index (χ3v) is 2.83. The molecule has 2 aromatic rings. The standard InChI is InChI=1S/C16H20N2S/c1-16(2,19)12-17-13-8-10-15(11-9-13)18-14-6-4-3-5-7-14/h3-11,17-19H,12H2,1-2H3. The highest BCUT2D eigenvalue weighted by Gasteiger charge is 2.10. The molecular formula is C16H20N2S. The highest BCUT2D eigenvalue weighted by atomic mass is 32.1. The van der Waals surface area contributed by atoms with Crippen molar-refractivity contribution in [3.63, 3.8) is 0 Å². The van der Waals surface area contributed by atoms with Crippen molar-refractivity contribution in [1.29, 1.82) is 0 Å². The summed E-state index contributed by atoms with van der Waals surface area (Å²) >= 11 is 4.50. The molecule has 0 heterocycles. The second-order valence-electron chi connectivity index (χ2n) is 5.23. The number of rotatable bonds is 5. The van der Waals surface area contributed by atoms with E-state index in [2.05, 4.69) is 73.5 Å². The smallest absolute Gasteiger partial charge is 0.0385 e. The molecule has 0 spiro atoms. The average Bonchev–Trinajstić information content (AvgIpc) is 2.38. The number of benzene rings is 2. The van der Waals surface area contributed by atoms with Gasteiger partial charge in [0.2, 0.25) is 0 Å². The molecule has 2 rings (SSSR count). The molecule has 0 radical (unpaired) electrons. The summed E-state index contributed by atoms with van der Waals surface area (Å²) in [5, 5.41) is 6.73. The molecule has 0 aliphatic carbocycles. The van der Waals surface area contributed by atoms with E-state index in [1.54, 1.807) is 0 Å². The summed E-state index contributed by atoms with van der Waals surface area (Å²) in [6, 6.07) is 18.4. The number of para-hydroxylation sites is 1. The Morgan fingerprint density at radius 1 is 0.842 bits per heavy atom. The quantitative estimate of drug-likeness (QED) is 0.696. The zero-order valence-electron chi connectivity index (χ0n) is 11.4. The predicted octanol–water partition coefficient (Wildman–Crippen LogP) is 4.55. The van der Waals surface area contributed by atoms with E-state index in [1.165, 1.54) is 0 Å². The summed E-state index contributed by atoms with van der Waals surface area (Å²) in [5.41, 5.74) is 3.29. The van der Waals surface area contributed by atoms with Gasteiger partial charge in [0.05, 0.1) is 0 Å². The highest BCUT2D eigenvalue weighted by molar-refractivity contribution is 7.81. The lowest BCUT2D eigenvalue weighted by Crippen LogP contribution is -2.23. The van der Waals surface area contributed by atoms with Crippen LogP contribution in [0.25, 0.3) is 0 Å². The molecule has 2 aromatic carbocycles. The van der Waals surface area contributed by atoms with Crippen LogP contribution in [-0.2, 0) is 0 Å². The van der Waals surface area contributed by atoms with Gasteiger partial charge < -0.3 is 10.6 Å². The van der Waals surface area contributed by atoms with Gasteiger partial charge in [-0.3, -0.25) is 0 Å². The van der Waals surface area contributed by atoms with Crippen molar-refractivity contribution in [3.8, 4) is 0 Å². The van der Waals surface area contributed by atoms with Gasteiger partial charge in [0, 0.05) is 28.4 Å². The monoisotopic (exact) mass is 272 g/mol. The fourth-order valence-corrected chi connectivity index (χ4v) is 1.76. The first kappa shape index (κ1) is 13.8. The molecule has 0 aliphatic heterocycles. The maximum absolute atomic E-state index is 4.50. The first-order valence-electron chi connectivity index (χ1n) is 6.41. The minimum absolute atomic E-state index is 0.0129. The summed E-state index contributed by atoms with van der Waals surface area (Å²) in [7, 11) is 0. The van der Waals surface area contributed by atoms with E-state index in [4.69, 9.17) is 0 Å². The summed E-state index contributed by atoms with van der Waals surface area (Å²) < 4.78 is -0.0129. The molecule has 0 unspecified atom stereocenters. The van der Waals surface area contributed by atoms with Crippen molar-refractivity contribution in [1.82, 2.24) is 0 Å². The first-order chi connectivity index (χ1) is 9.03. The summed E-state index contributed by atoms with van der Waals surface area (Å²) in [4.78, 5) is 0. The largest absolute Gasteiger partial charge is 0.384 e. The number of thiol groups is 1. The topological polar surface area (TPSA) is 24.1 Å². The van der Waals surface area contributed by atoms with Crippen molar-refractivity contribution < 1.29 is 0 Å². The fraction of sp³-hybridized carbons (Fsp3) is 0.250. The molecule has 0 bridgehead atoms. The van der Waals surface area contributed by atoms with Gasteiger partial charge in [0.1, 0.15) is 0 Å². The molecule has 0 atom stereocenters. The third-order valence-electron chi connectivity index (χ3n) is 2.67. The number of hydrogen-bond donors (Lipinski definition) is 3. The average molecular weight is 272 g/mol. The fourth-order valence-electron chi connectivity index (χ4n) is 1.68. The van der Waals surface area contributed by atoms with Crippen LogP contribution in [0.4, 0.5) is 17.1 Å². The molecule has 19 heavy (non-hydrogen) atoms. The van der Waals surface area contributed by atoms with E-state index in [0.29, 0.717) is 0 Å². The minimum atomic E-state index is -0.0129. The molecule has 0 saturated heterocycles. The van der Waals surface area contributed by atoms with Gasteiger partial charge in [0.15, 0.2) is 0 Å². The molecule has 2 nitrogen and oxygen atoms in total. The van der Waals surface area contributed by atoms with Gasteiger partial charge in [-0.15, -0.1) is 0 Å². The van der Waals surface area contributed by atoms with Gasteiger partial charge in [-0.1, -0.05) is 18.2 Å². The number of anilines is 3. The third kappa shape index (κ3) is 4.87. The number of hydrogen-bond acceptors (Lipinski definition) is 3. The van der Waals surface area contributed by atoms with Gasteiger partial charge >= 0.3 is 0 Å². The zero-order valence-corrected chi connectivity index (χ0v) is 12.2. The lowest BCUT2D eigenvalue weighted by Gasteiger charge is -2.18. The maximum atomic E-state index is 4.50. The van der Waals surface area contributed by atoms with E-state index in [1.807, 2.05) is 18.2 Å². The van der Waals surface area contributed by atoms with E-state index in [9.17, 15) is 0 Å². The van der Waals surface area contributed by atoms with Crippen molar-refractivity contribution in [2.45, 2.75) is 18.6 Å². The second-order valence-corrected chi connectivity index (χ2v) is 6.45. The van der Waals surface area contributed by atoms with Crippen LogP contribution in [0.5, 0.6) is 0 Å². The Morgan fingerprint density at radius 3 is 1.95 bits per heavy atom. The summed E-state index contributed by atoms with van der Waals surface area (Å²) in [6.07, 6.45) is 0. The van der Waals surface area contributed by atoms with E-state index in [0.717, 1.165) is 23.6 Å². The second kappa shape index (κ2) is 6.02. The first-order valence-corrected chi connectivity index (χ1v) is 6.86. The lowest BCUT2D eigenvalue weighted by atomic mass is 10.2. The minimum Gasteiger partial charge on any atom is -0.384 e. The van der Waals surface area contributed by atoms with Crippen LogP contribution < -0.4 is 10.6 Å². The van der Waals surface area contributed by atoms with Gasteiger partial charge in [-0.2, -0.15) is 12.6 Å². The Bertz CT molecular complexity index is 501. The Balaban J connectivity index is 1.95. The maximum Gasteiger partial charge on any atom is 0.0385 e. The molecule has 100 valence electrons. The molecule has 0 aliphatic rings. The SMILES string of the molecule is CC(C)(S)CNc1ccc(Nc2ccccc2)cc1. The number of nitrogens with one attached hydrogen (secondary N) is 2. The van der Waals surface area contributed by atoms with Crippen molar-refractivity contribution in [2.75, 3.05) is 17.2 Å². The summed E-state index contributed by atoms with van der Waals surface area (Å²) in [5.74, 6) is 0. The predicted molar refractivity (Wildman–Crippen MR) is 87.7 cm³/mol. The Morgan fingerprint density at radius 2 is 1.37 bits per heavy atom. The lowest BCUT2D eigenvalue weighted by molar-refractivity contribution is 0.758. The van der Waals surface area contributed by atoms with Gasteiger partial charge in [-0.25, -0.2) is 0 Å². The van der Waals surface area contributed by atoms with Gasteiger partial charge in [-0.05, 0) is 50.2 Å². The molecule has 0 saturated carbocycles. The summed E-state index contributed by atoms with van der Waals surface area (Å²) in [6.45, 7) is 5.02. The molecule has 0 amide bonds. The molecule has 2 N–H and O–H groups in total. The van der Waals surface area contributed by atoms with Crippen molar-refractivity contribution in [3.05, 3.63) is 54.6 Å². The van der Waals surface area contributed by atoms with Crippen LogP contribution in [0.2, 0.25) is 0 Å². The van der Waals surface area contributed by atoms with Crippen molar-refractivity contribution in [2.24, 2.45) is 0 Å². The van der Waals surface area contributed by atoms with Crippen molar-refractivity contribution >= 4 is 29.7 Å². The Kier molecular flexibility index (Phi) is 4.38. The van der Waals surface area contributed by atoms with Crippen LogP contribution in [0, 0.1) is 0 Å². The zero-order chi connectivity index (χ0) is 13.7. The van der Waals surface area contributed by atoms with Crippen LogP contribution in [0.15, 0.2) is 54.6 Å². The normalized spacial score (nSPS) is 11.1. The van der Waals surface area contributed by atoms with E-state index in [-0.39, 0.29) is 4.75 Å². The van der Waals surface area contributed by atoms with Crippen LogP contribution in [-0.4, -0.2) is 11.3 Å². The molecular weight excluding hydrogens is 252 g/mol. The van der Waals surface area contributed by atoms with Crippen LogP contribution in [0.3, 0.4) is 0 Å². The highest BCUT2D eigenvalue weighted by Crippen LogP contribution is 2.19. The molecule has 0 aromatic heterocycles. The van der Waals surface area contributed by atoms with E-state index < -0.39 is 0 Å². The van der Waals surface area contributed by atoms with Gasteiger partial charge in [0.25, 0.3) is 0 Å². The molecule has 3 heteroatoms. The van der Waals surface area contributed by atoms with Crippen LogP contribution >= 0.6 is 12.6 Å². The Labute approximate surface area is 120 Å². The van der Waals surface area contributed by atoms with E-state index >= 15 is 0 Å². The van der Waals surface area contributed by atoms with Crippen LogP contribution in [0.1, 0.15) is 13.8 Å². The Hall–Kier alpha value is -1.61. The molecule has 0 fully saturated rings.